The Morgan fingerprint density at radius 1 is 1.15 bits per heavy atom. The Balaban J connectivity index is 1.55. The molecule has 0 radical (unpaired) electrons. The molecule has 1 saturated carbocycles. The number of rotatable bonds is 2. The molecule has 2 saturated heterocycles. The van der Waals surface area contributed by atoms with Crippen LogP contribution in [-0.2, 0) is 9.47 Å². The number of urea groups is 1. The molecule has 3 aliphatic rings. The maximum absolute atomic E-state index is 12.4. The first-order chi connectivity index (χ1) is 9.67. The van der Waals surface area contributed by atoms with Gasteiger partial charge in [0.1, 0.15) is 0 Å². The fraction of sp³-hybridized carbons (Fsp3) is 0.933. The molecule has 5 nitrogen and oxygen atoms in total. The van der Waals surface area contributed by atoms with Crippen LogP contribution in [0, 0.1) is 5.92 Å². The number of likely N-dealkylation sites (tertiary alicyclic amines) is 1. The van der Waals surface area contributed by atoms with Gasteiger partial charge in [-0.3, -0.25) is 0 Å². The molecule has 2 aliphatic heterocycles. The third kappa shape index (κ3) is 2.93. The second-order valence-corrected chi connectivity index (χ2v) is 6.43. The Labute approximate surface area is 121 Å². The smallest absolute Gasteiger partial charge is 0.317 e. The van der Waals surface area contributed by atoms with Gasteiger partial charge >= 0.3 is 6.03 Å². The van der Waals surface area contributed by atoms with Crippen LogP contribution in [0.25, 0.3) is 0 Å². The van der Waals surface area contributed by atoms with Gasteiger partial charge in [0.2, 0.25) is 0 Å². The number of ether oxygens (including phenoxy) is 2. The predicted octanol–water partition coefficient (Wildman–Crippen LogP) is 2.11. The summed E-state index contributed by atoms with van der Waals surface area (Å²) in [7, 11) is 0. The second-order valence-electron chi connectivity index (χ2n) is 6.43. The first-order valence-electron chi connectivity index (χ1n) is 8.01. The lowest BCUT2D eigenvalue weighted by atomic mass is 9.90. The van der Waals surface area contributed by atoms with Gasteiger partial charge in [0.25, 0.3) is 0 Å². The number of hydrogen-bond acceptors (Lipinski definition) is 3. The first-order valence-corrected chi connectivity index (χ1v) is 8.01. The summed E-state index contributed by atoms with van der Waals surface area (Å²) in [5.74, 6) is -0.208. The SMILES string of the molecule is CC1([C@H]2CCCN(C(=O)NC3CCCC3)C2)OCCO1. The number of hydrogen-bond donors (Lipinski definition) is 1. The fourth-order valence-electron chi connectivity index (χ4n) is 3.69. The molecule has 0 spiro atoms. The Morgan fingerprint density at radius 2 is 1.85 bits per heavy atom. The zero-order valence-electron chi connectivity index (χ0n) is 12.4. The number of nitrogens with one attached hydrogen (secondary N) is 1. The van der Waals surface area contributed by atoms with E-state index in [1.165, 1.54) is 12.8 Å². The van der Waals surface area contributed by atoms with Crippen molar-refractivity contribution in [3.05, 3.63) is 0 Å². The van der Waals surface area contributed by atoms with Gasteiger partial charge in [0.15, 0.2) is 5.79 Å². The summed E-state index contributed by atoms with van der Waals surface area (Å²) in [6.07, 6.45) is 6.86. The number of carbonyl (C=O) groups is 1. The van der Waals surface area contributed by atoms with E-state index in [-0.39, 0.29) is 11.9 Å². The van der Waals surface area contributed by atoms with E-state index in [1.54, 1.807) is 0 Å². The molecular formula is C15H26N2O3. The van der Waals surface area contributed by atoms with Crippen LogP contribution in [0.5, 0.6) is 0 Å². The molecule has 5 heteroatoms. The van der Waals surface area contributed by atoms with E-state index in [0.717, 1.165) is 38.8 Å². The van der Waals surface area contributed by atoms with Crippen molar-refractivity contribution < 1.29 is 14.3 Å². The summed E-state index contributed by atoms with van der Waals surface area (Å²) in [4.78, 5) is 14.3. The summed E-state index contributed by atoms with van der Waals surface area (Å²) in [6, 6.07) is 0.487. The van der Waals surface area contributed by atoms with Crippen LogP contribution < -0.4 is 5.32 Å². The van der Waals surface area contributed by atoms with Crippen molar-refractivity contribution in [1.82, 2.24) is 10.2 Å². The zero-order chi connectivity index (χ0) is 14.0. The Bertz CT molecular complexity index is 349. The highest BCUT2D eigenvalue weighted by Crippen LogP contribution is 2.34. The molecule has 0 unspecified atom stereocenters. The van der Waals surface area contributed by atoms with Crippen molar-refractivity contribution in [3.63, 3.8) is 0 Å². The average Bonchev–Trinajstić information content (AvgIpc) is 3.11. The van der Waals surface area contributed by atoms with Crippen molar-refractivity contribution in [2.45, 2.75) is 57.3 Å². The molecule has 0 aromatic heterocycles. The number of piperidine rings is 1. The third-order valence-electron chi connectivity index (χ3n) is 4.99. The molecular weight excluding hydrogens is 256 g/mol. The molecule has 3 rings (SSSR count). The maximum Gasteiger partial charge on any atom is 0.317 e. The zero-order valence-corrected chi connectivity index (χ0v) is 12.4. The molecule has 2 heterocycles. The highest BCUT2D eigenvalue weighted by atomic mass is 16.7. The third-order valence-corrected chi connectivity index (χ3v) is 4.99. The Hall–Kier alpha value is -0.810. The van der Waals surface area contributed by atoms with E-state index in [4.69, 9.17) is 9.47 Å². The lowest BCUT2D eigenvalue weighted by Crippen LogP contribution is -2.52. The predicted molar refractivity (Wildman–Crippen MR) is 75.4 cm³/mol. The lowest BCUT2D eigenvalue weighted by Gasteiger charge is -2.40. The van der Waals surface area contributed by atoms with Crippen LogP contribution in [-0.4, -0.2) is 49.1 Å². The fourth-order valence-corrected chi connectivity index (χ4v) is 3.69. The topological polar surface area (TPSA) is 50.8 Å². The van der Waals surface area contributed by atoms with E-state index in [0.29, 0.717) is 19.3 Å². The first kappa shape index (κ1) is 14.1. The van der Waals surface area contributed by atoms with E-state index < -0.39 is 5.79 Å². The molecule has 0 aromatic carbocycles. The van der Waals surface area contributed by atoms with Gasteiger partial charge in [-0.2, -0.15) is 0 Å². The summed E-state index contributed by atoms with van der Waals surface area (Å²) < 4.78 is 11.5. The lowest BCUT2D eigenvalue weighted by molar-refractivity contribution is -0.189. The van der Waals surface area contributed by atoms with Crippen LogP contribution in [0.15, 0.2) is 0 Å². The largest absolute Gasteiger partial charge is 0.347 e. The summed E-state index contributed by atoms with van der Waals surface area (Å²) >= 11 is 0. The summed E-state index contributed by atoms with van der Waals surface area (Å²) in [5.41, 5.74) is 0. The van der Waals surface area contributed by atoms with Crippen molar-refractivity contribution in [3.8, 4) is 0 Å². The standard InChI is InChI=1S/C15H26N2O3/c1-15(19-9-10-20-15)12-5-4-8-17(11-12)14(18)16-13-6-2-3-7-13/h12-13H,2-11H2,1H3,(H,16,18)/t12-/m0/s1. The van der Waals surface area contributed by atoms with Gasteiger partial charge in [0.05, 0.1) is 13.2 Å². The average molecular weight is 282 g/mol. The summed E-state index contributed by atoms with van der Waals surface area (Å²) in [5, 5.41) is 3.18. The quantitative estimate of drug-likeness (QED) is 0.844. The molecule has 2 amide bonds. The normalized spacial score (nSPS) is 30.6. The molecule has 114 valence electrons. The van der Waals surface area contributed by atoms with Crippen LogP contribution >= 0.6 is 0 Å². The van der Waals surface area contributed by atoms with Gasteiger partial charge in [0, 0.05) is 25.0 Å². The highest BCUT2D eigenvalue weighted by molar-refractivity contribution is 5.74. The Kier molecular flexibility index (Phi) is 4.17. The molecule has 1 atom stereocenters. The Morgan fingerprint density at radius 3 is 2.55 bits per heavy atom. The number of nitrogens with zero attached hydrogens (tertiary/aromatic N) is 1. The van der Waals surface area contributed by atoms with Crippen molar-refractivity contribution >= 4 is 6.03 Å². The molecule has 1 aliphatic carbocycles. The van der Waals surface area contributed by atoms with E-state index >= 15 is 0 Å². The van der Waals surface area contributed by atoms with E-state index in [2.05, 4.69) is 5.32 Å². The van der Waals surface area contributed by atoms with Crippen LogP contribution in [0.3, 0.4) is 0 Å². The molecule has 3 fully saturated rings. The van der Waals surface area contributed by atoms with Gasteiger partial charge < -0.3 is 19.7 Å². The van der Waals surface area contributed by atoms with Crippen LogP contribution in [0.1, 0.15) is 45.4 Å². The second kappa shape index (κ2) is 5.90. The van der Waals surface area contributed by atoms with Crippen LogP contribution in [0.2, 0.25) is 0 Å². The van der Waals surface area contributed by atoms with Crippen LogP contribution in [0.4, 0.5) is 4.79 Å². The summed E-state index contributed by atoms with van der Waals surface area (Å²) in [6.45, 7) is 4.95. The van der Waals surface area contributed by atoms with Gasteiger partial charge in [-0.25, -0.2) is 4.79 Å². The van der Waals surface area contributed by atoms with Gasteiger partial charge in [-0.05, 0) is 32.6 Å². The maximum atomic E-state index is 12.4. The highest BCUT2D eigenvalue weighted by Gasteiger charge is 2.42. The van der Waals surface area contributed by atoms with E-state index in [1.807, 2.05) is 11.8 Å². The minimum absolute atomic E-state index is 0.100. The molecule has 0 aromatic rings. The number of amides is 2. The monoisotopic (exact) mass is 282 g/mol. The van der Waals surface area contributed by atoms with E-state index in [9.17, 15) is 4.79 Å². The van der Waals surface area contributed by atoms with Crippen molar-refractivity contribution in [1.29, 1.82) is 0 Å². The van der Waals surface area contributed by atoms with Gasteiger partial charge in [-0.1, -0.05) is 12.8 Å². The molecule has 0 bridgehead atoms. The van der Waals surface area contributed by atoms with Crippen molar-refractivity contribution in [2.75, 3.05) is 26.3 Å². The molecule has 1 N–H and O–H groups in total. The molecule has 20 heavy (non-hydrogen) atoms. The number of carbonyl (C=O) groups excluding carboxylic acids is 1. The van der Waals surface area contributed by atoms with Gasteiger partial charge in [-0.15, -0.1) is 0 Å². The van der Waals surface area contributed by atoms with Crippen molar-refractivity contribution in [2.24, 2.45) is 5.92 Å². The minimum Gasteiger partial charge on any atom is -0.347 e. The minimum atomic E-state index is -0.494.